The van der Waals surface area contributed by atoms with E-state index in [9.17, 15) is 9.18 Å². The molecular formula is C31H33FN4O3. The predicted octanol–water partition coefficient (Wildman–Crippen LogP) is 4.80. The van der Waals surface area contributed by atoms with Crippen LogP contribution in [-0.2, 0) is 4.74 Å². The van der Waals surface area contributed by atoms with Gasteiger partial charge in [0.25, 0.3) is 5.91 Å². The summed E-state index contributed by atoms with van der Waals surface area (Å²) in [4.78, 5) is 23.7. The van der Waals surface area contributed by atoms with Gasteiger partial charge in [0.2, 0.25) is 0 Å². The fourth-order valence-electron chi connectivity index (χ4n) is 6.12. The molecule has 1 aromatic heterocycles. The number of nitrogens with zero attached hydrogens (tertiary/aromatic N) is 3. The Labute approximate surface area is 228 Å². The zero-order valence-corrected chi connectivity index (χ0v) is 22.3. The van der Waals surface area contributed by atoms with Crippen LogP contribution in [0.15, 0.2) is 66.4 Å². The summed E-state index contributed by atoms with van der Waals surface area (Å²) in [5.41, 5.74) is 6.41. The van der Waals surface area contributed by atoms with Crippen LogP contribution in [0.2, 0.25) is 0 Å². The monoisotopic (exact) mass is 528 g/mol. The first-order chi connectivity index (χ1) is 18.9. The Morgan fingerprint density at radius 2 is 1.79 bits per heavy atom. The van der Waals surface area contributed by atoms with Crippen molar-refractivity contribution in [3.05, 3.63) is 94.6 Å². The molecule has 2 aromatic carbocycles. The van der Waals surface area contributed by atoms with Crippen molar-refractivity contribution in [2.24, 2.45) is 5.41 Å². The van der Waals surface area contributed by atoms with Gasteiger partial charge in [-0.2, -0.15) is 4.98 Å². The molecule has 0 bridgehead atoms. The maximum absolute atomic E-state index is 13.7. The maximum atomic E-state index is 13.7. The Morgan fingerprint density at radius 3 is 2.44 bits per heavy atom. The topological polar surface area (TPSA) is 76.6 Å². The third kappa shape index (κ3) is 5.44. The van der Waals surface area contributed by atoms with Crippen LogP contribution in [0.5, 0.6) is 6.01 Å². The number of ether oxygens (including phenoxy) is 2. The number of amides is 1. The van der Waals surface area contributed by atoms with Crippen molar-refractivity contribution in [2.75, 3.05) is 33.4 Å². The third-order valence-electron chi connectivity index (χ3n) is 7.95. The van der Waals surface area contributed by atoms with Gasteiger partial charge >= 0.3 is 6.01 Å². The van der Waals surface area contributed by atoms with Gasteiger partial charge in [-0.15, -0.1) is 0 Å². The van der Waals surface area contributed by atoms with Gasteiger partial charge in [-0.05, 0) is 67.3 Å². The molecule has 0 unspecified atom stereocenters. The van der Waals surface area contributed by atoms with Crippen LogP contribution in [0.1, 0.15) is 59.4 Å². The molecule has 1 spiro atoms. The van der Waals surface area contributed by atoms with Crippen molar-refractivity contribution in [3.8, 4) is 6.01 Å². The van der Waals surface area contributed by atoms with Crippen LogP contribution in [0, 0.1) is 11.2 Å². The molecule has 3 heterocycles. The van der Waals surface area contributed by atoms with E-state index in [0.29, 0.717) is 18.6 Å². The van der Waals surface area contributed by atoms with Crippen molar-refractivity contribution in [2.45, 2.75) is 38.3 Å². The first-order valence-electron chi connectivity index (χ1n) is 13.5. The normalized spacial score (nSPS) is 20.7. The molecular weight excluding hydrogens is 495 g/mol. The fourth-order valence-corrected chi connectivity index (χ4v) is 6.12. The maximum Gasteiger partial charge on any atom is 0.317 e. The predicted molar refractivity (Wildman–Crippen MR) is 146 cm³/mol. The van der Waals surface area contributed by atoms with Crippen molar-refractivity contribution in [3.63, 3.8) is 0 Å². The summed E-state index contributed by atoms with van der Waals surface area (Å²) in [5, 5.41) is 3.03. The van der Waals surface area contributed by atoms with Crippen LogP contribution in [0.3, 0.4) is 0 Å². The lowest BCUT2D eigenvalue weighted by molar-refractivity contribution is -0.0106. The number of allylic oxidation sites excluding steroid dienone is 1. The molecule has 7 nitrogen and oxygen atoms in total. The molecule has 1 aliphatic carbocycles. The van der Waals surface area contributed by atoms with E-state index in [-0.39, 0.29) is 35.6 Å². The second-order valence-corrected chi connectivity index (χ2v) is 11.2. The second-order valence-electron chi connectivity index (χ2n) is 11.2. The Kier molecular flexibility index (Phi) is 6.91. The van der Waals surface area contributed by atoms with Crippen LogP contribution in [0.4, 0.5) is 4.39 Å². The number of likely N-dealkylation sites (tertiary alicyclic amines) is 1. The molecule has 1 saturated carbocycles. The quantitative estimate of drug-likeness (QED) is 0.475. The van der Waals surface area contributed by atoms with Crippen LogP contribution in [0.25, 0.3) is 5.57 Å². The van der Waals surface area contributed by atoms with E-state index in [1.165, 1.54) is 29.5 Å². The molecule has 2 atom stereocenters. The van der Waals surface area contributed by atoms with E-state index in [4.69, 9.17) is 9.47 Å². The molecule has 202 valence electrons. The molecule has 6 rings (SSSR count). The largest absolute Gasteiger partial charge is 0.458 e. The van der Waals surface area contributed by atoms with Crippen LogP contribution < -0.4 is 10.1 Å². The number of benzene rings is 2. The third-order valence-corrected chi connectivity index (χ3v) is 7.95. The van der Waals surface area contributed by atoms with E-state index in [1.54, 1.807) is 6.07 Å². The summed E-state index contributed by atoms with van der Waals surface area (Å²) >= 11 is 0. The Hall–Kier alpha value is -3.62. The van der Waals surface area contributed by atoms with Gasteiger partial charge in [0.15, 0.2) is 0 Å². The standard InChI is InChI=1S/C31H33FN4O3/c1-20(34-29(37)27-11-13-33-30(35-27)39-26-12-14-38-17-26)21-3-5-22(6-4-21)28(23-7-9-25(32)10-8-23)24-15-31(16-24)18-36(2)19-31/h3-11,13,20,26H,12,14-19H2,1-2H3,(H,34,37)/t20-,26-/m1/s1. The summed E-state index contributed by atoms with van der Waals surface area (Å²) in [6, 6.07) is 16.6. The molecule has 0 radical (unpaired) electrons. The van der Waals surface area contributed by atoms with Gasteiger partial charge in [-0.1, -0.05) is 42.0 Å². The highest BCUT2D eigenvalue weighted by Gasteiger charge is 2.49. The molecule has 8 heteroatoms. The molecule has 3 aromatic rings. The van der Waals surface area contributed by atoms with Crippen molar-refractivity contribution >= 4 is 11.5 Å². The summed E-state index contributed by atoms with van der Waals surface area (Å²) in [6.07, 6.45) is 4.39. The zero-order valence-electron chi connectivity index (χ0n) is 22.3. The number of aromatic nitrogens is 2. The van der Waals surface area contributed by atoms with Gasteiger partial charge in [0, 0.05) is 31.1 Å². The number of hydrogen-bond acceptors (Lipinski definition) is 6. The van der Waals surface area contributed by atoms with E-state index >= 15 is 0 Å². The molecule has 1 amide bonds. The fraction of sp³-hybridized carbons (Fsp3) is 0.387. The smallest absolute Gasteiger partial charge is 0.317 e. The number of halogens is 1. The highest BCUT2D eigenvalue weighted by Crippen LogP contribution is 2.54. The summed E-state index contributed by atoms with van der Waals surface area (Å²) < 4.78 is 24.8. The van der Waals surface area contributed by atoms with Gasteiger partial charge in [0.1, 0.15) is 17.6 Å². The number of hydrogen-bond donors (Lipinski definition) is 1. The van der Waals surface area contributed by atoms with Gasteiger partial charge in [-0.25, -0.2) is 9.37 Å². The van der Waals surface area contributed by atoms with Gasteiger partial charge in [0.05, 0.1) is 19.3 Å². The molecule has 39 heavy (non-hydrogen) atoms. The number of carbonyl (C=O) groups excluding carboxylic acids is 1. The van der Waals surface area contributed by atoms with Gasteiger partial charge in [-0.3, -0.25) is 4.79 Å². The molecule has 2 aliphatic heterocycles. The second kappa shape index (κ2) is 10.5. The minimum atomic E-state index is -0.291. The van der Waals surface area contributed by atoms with E-state index in [1.807, 2.05) is 31.2 Å². The van der Waals surface area contributed by atoms with E-state index in [2.05, 4.69) is 39.4 Å². The van der Waals surface area contributed by atoms with Gasteiger partial charge < -0.3 is 19.7 Å². The molecule has 2 saturated heterocycles. The van der Waals surface area contributed by atoms with Crippen LogP contribution in [-0.4, -0.2) is 60.2 Å². The Bertz CT molecular complexity index is 1370. The average Bonchev–Trinajstić information content (AvgIpc) is 3.41. The highest BCUT2D eigenvalue weighted by atomic mass is 19.1. The summed E-state index contributed by atoms with van der Waals surface area (Å²) in [5.74, 6) is -0.524. The number of carbonyl (C=O) groups is 1. The van der Waals surface area contributed by atoms with E-state index < -0.39 is 0 Å². The van der Waals surface area contributed by atoms with Crippen molar-refractivity contribution in [1.29, 1.82) is 0 Å². The van der Waals surface area contributed by atoms with E-state index in [0.717, 1.165) is 49.0 Å². The SMILES string of the molecule is C[C@@H](NC(=O)c1ccnc(O[C@@H]2CCOC2)n1)c1ccc(C(=C2CC3(C2)CN(C)C3)c2ccc(F)cc2)cc1. The number of nitrogens with one attached hydrogen (secondary N) is 1. The van der Waals surface area contributed by atoms with Crippen LogP contribution >= 0.6 is 0 Å². The lowest BCUT2D eigenvalue weighted by Crippen LogP contribution is -2.58. The average molecular weight is 529 g/mol. The summed E-state index contributed by atoms with van der Waals surface area (Å²) in [6.45, 7) is 5.38. The highest BCUT2D eigenvalue weighted by molar-refractivity contribution is 5.92. The lowest BCUT2D eigenvalue weighted by atomic mass is 9.59. The molecule has 3 aliphatic rings. The van der Waals surface area contributed by atoms with Crippen molar-refractivity contribution in [1.82, 2.24) is 20.2 Å². The first kappa shape index (κ1) is 25.6. The zero-order chi connectivity index (χ0) is 27.0. The molecule has 1 N–H and O–H groups in total. The van der Waals surface area contributed by atoms with Crippen molar-refractivity contribution < 1.29 is 18.7 Å². The minimum Gasteiger partial charge on any atom is -0.458 e. The summed E-state index contributed by atoms with van der Waals surface area (Å²) in [7, 11) is 2.16. The first-order valence-corrected chi connectivity index (χ1v) is 13.5. The minimum absolute atomic E-state index is 0.0870. The number of rotatable bonds is 7. The lowest BCUT2D eigenvalue weighted by Gasteiger charge is -2.56. The molecule has 3 fully saturated rings. The Morgan fingerprint density at radius 1 is 1.10 bits per heavy atom. The Balaban J connectivity index is 1.16.